The number of hydrogen-bond donors (Lipinski definition) is 0. The molecule has 8 heteroatoms. The summed E-state index contributed by atoms with van der Waals surface area (Å²) in [6, 6.07) is 8.93. The highest BCUT2D eigenvalue weighted by atomic mass is 19.4. The van der Waals surface area contributed by atoms with Gasteiger partial charge in [0.25, 0.3) is 5.91 Å². The van der Waals surface area contributed by atoms with Gasteiger partial charge in [0.1, 0.15) is 17.2 Å². The minimum absolute atomic E-state index is 0.104. The van der Waals surface area contributed by atoms with E-state index in [1.165, 1.54) is 25.2 Å². The first-order valence-electron chi connectivity index (χ1n) is 7.84. The van der Waals surface area contributed by atoms with E-state index in [2.05, 4.69) is 11.3 Å². The summed E-state index contributed by atoms with van der Waals surface area (Å²) in [6.07, 6.45) is -4.81. The number of rotatable bonds is 5. The lowest BCUT2D eigenvalue weighted by atomic mass is 10.1. The van der Waals surface area contributed by atoms with Crippen LogP contribution in [0.1, 0.15) is 11.1 Å². The van der Waals surface area contributed by atoms with Crippen LogP contribution in [0.4, 0.5) is 18.9 Å². The normalized spacial score (nSPS) is 13.6. The first-order valence-corrected chi connectivity index (χ1v) is 7.84. The summed E-state index contributed by atoms with van der Waals surface area (Å²) in [5.41, 5.74) is 1.60. The van der Waals surface area contributed by atoms with Crippen molar-refractivity contribution in [2.24, 2.45) is 0 Å². The zero-order valence-electron chi connectivity index (χ0n) is 14.6. The quantitative estimate of drug-likeness (QED) is 0.732. The van der Waals surface area contributed by atoms with Gasteiger partial charge < -0.3 is 19.1 Å². The van der Waals surface area contributed by atoms with Gasteiger partial charge in [-0.15, -0.1) is 13.2 Å². The molecular formula is C19H16F3NO4. The molecule has 3 rings (SSSR count). The van der Waals surface area contributed by atoms with Gasteiger partial charge in [0, 0.05) is 17.2 Å². The largest absolute Gasteiger partial charge is 0.573 e. The molecule has 142 valence electrons. The third-order valence-electron chi connectivity index (χ3n) is 4.07. The Hall–Kier alpha value is -3.16. The molecule has 0 unspecified atom stereocenters. The van der Waals surface area contributed by atoms with E-state index in [0.29, 0.717) is 22.7 Å². The fourth-order valence-electron chi connectivity index (χ4n) is 2.87. The summed E-state index contributed by atoms with van der Waals surface area (Å²) in [6.45, 7) is 3.87. The van der Waals surface area contributed by atoms with Gasteiger partial charge >= 0.3 is 6.36 Å². The second-order valence-electron chi connectivity index (χ2n) is 5.82. The van der Waals surface area contributed by atoms with E-state index in [1.807, 2.05) is 0 Å². The molecule has 0 fully saturated rings. The van der Waals surface area contributed by atoms with Crippen molar-refractivity contribution in [2.75, 3.05) is 19.1 Å². The maximum Gasteiger partial charge on any atom is 0.573 e. The number of carbonyl (C=O) groups excluding carboxylic acids is 1. The molecular weight excluding hydrogens is 363 g/mol. The molecule has 0 radical (unpaired) electrons. The maximum absolute atomic E-state index is 12.6. The number of benzene rings is 2. The van der Waals surface area contributed by atoms with Crippen molar-refractivity contribution in [1.29, 1.82) is 0 Å². The molecule has 1 aliphatic heterocycles. The molecule has 1 amide bonds. The average Bonchev–Trinajstić information content (AvgIpc) is 2.84. The van der Waals surface area contributed by atoms with Crippen LogP contribution < -0.4 is 19.1 Å². The van der Waals surface area contributed by atoms with E-state index in [-0.39, 0.29) is 12.1 Å². The number of carbonyl (C=O) groups is 1. The molecule has 27 heavy (non-hydrogen) atoms. The zero-order chi connectivity index (χ0) is 19.8. The molecule has 1 aliphatic rings. The van der Waals surface area contributed by atoms with Crippen LogP contribution in [0.25, 0.3) is 5.57 Å². The van der Waals surface area contributed by atoms with E-state index in [4.69, 9.17) is 9.47 Å². The molecule has 2 aromatic carbocycles. The summed E-state index contributed by atoms with van der Waals surface area (Å²) in [5.74, 6) is 0.323. The van der Waals surface area contributed by atoms with Gasteiger partial charge in [-0.2, -0.15) is 0 Å². The predicted molar refractivity (Wildman–Crippen MR) is 92.9 cm³/mol. The SMILES string of the molecule is C=C1C(=O)N(Cc2cc(OC)cc(OC)c2)c2ccc(OC(F)(F)F)cc21. The molecule has 0 spiro atoms. The highest BCUT2D eigenvalue weighted by Crippen LogP contribution is 2.40. The Kier molecular flexibility index (Phi) is 4.73. The molecule has 0 saturated heterocycles. The summed E-state index contributed by atoms with van der Waals surface area (Å²) < 4.78 is 51.6. The first-order chi connectivity index (χ1) is 12.7. The van der Waals surface area contributed by atoms with Crippen molar-refractivity contribution in [3.63, 3.8) is 0 Å². The van der Waals surface area contributed by atoms with Crippen molar-refractivity contribution >= 4 is 17.2 Å². The highest BCUT2D eigenvalue weighted by Gasteiger charge is 2.34. The van der Waals surface area contributed by atoms with Gasteiger partial charge in [-0.1, -0.05) is 6.58 Å². The predicted octanol–water partition coefficient (Wildman–Crippen LogP) is 4.16. The molecule has 1 heterocycles. The molecule has 2 aromatic rings. The minimum atomic E-state index is -4.81. The van der Waals surface area contributed by atoms with Crippen molar-refractivity contribution in [3.8, 4) is 17.2 Å². The van der Waals surface area contributed by atoms with Crippen LogP contribution in [0.5, 0.6) is 17.2 Å². The van der Waals surface area contributed by atoms with Crippen LogP contribution >= 0.6 is 0 Å². The average molecular weight is 379 g/mol. The lowest BCUT2D eigenvalue weighted by Gasteiger charge is -2.18. The second-order valence-corrected chi connectivity index (χ2v) is 5.82. The van der Waals surface area contributed by atoms with Gasteiger partial charge in [0.15, 0.2) is 0 Å². The number of amides is 1. The summed E-state index contributed by atoms with van der Waals surface area (Å²) in [4.78, 5) is 14.0. The van der Waals surface area contributed by atoms with Crippen molar-refractivity contribution < 1.29 is 32.2 Å². The van der Waals surface area contributed by atoms with Gasteiger partial charge in [-0.25, -0.2) is 0 Å². The Morgan fingerprint density at radius 2 is 1.63 bits per heavy atom. The Morgan fingerprint density at radius 3 is 2.19 bits per heavy atom. The standard InChI is InChI=1S/C19H16F3NO4/c1-11-16-9-13(27-19(20,21)22)4-5-17(16)23(18(11)24)10-12-6-14(25-2)8-15(7-12)26-3/h4-9H,1,10H2,2-3H3. The van der Waals surface area contributed by atoms with Crippen LogP contribution in [0, 0.1) is 0 Å². The van der Waals surface area contributed by atoms with Crippen LogP contribution in [0.2, 0.25) is 0 Å². The van der Waals surface area contributed by atoms with E-state index in [9.17, 15) is 18.0 Å². The highest BCUT2D eigenvalue weighted by molar-refractivity contribution is 6.32. The number of halogens is 3. The fraction of sp³-hybridized carbons (Fsp3) is 0.211. The lowest BCUT2D eigenvalue weighted by molar-refractivity contribution is -0.274. The Morgan fingerprint density at radius 1 is 1.00 bits per heavy atom. The van der Waals surface area contributed by atoms with Crippen molar-refractivity contribution in [2.45, 2.75) is 12.9 Å². The monoisotopic (exact) mass is 379 g/mol. The van der Waals surface area contributed by atoms with Crippen LogP contribution in [-0.4, -0.2) is 26.5 Å². The number of methoxy groups -OCH3 is 2. The number of ether oxygens (including phenoxy) is 3. The molecule has 0 atom stereocenters. The summed E-state index contributed by atoms with van der Waals surface area (Å²) >= 11 is 0. The van der Waals surface area contributed by atoms with Crippen LogP contribution in [0.3, 0.4) is 0 Å². The molecule has 0 saturated carbocycles. The van der Waals surface area contributed by atoms with Gasteiger partial charge in [0.05, 0.1) is 26.5 Å². The fourth-order valence-corrected chi connectivity index (χ4v) is 2.87. The molecule has 5 nitrogen and oxygen atoms in total. The van der Waals surface area contributed by atoms with E-state index in [0.717, 1.165) is 17.7 Å². The van der Waals surface area contributed by atoms with E-state index >= 15 is 0 Å². The number of fused-ring (bicyclic) bond motifs is 1. The molecule has 0 aromatic heterocycles. The van der Waals surface area contributed by atoms with Crippen molar-refractivity contribution in [3.05, 3.63) is 54.1 Å². The van der Waals surface area contributed by atoms with Gasteiger partial charge in [-0.3, -0.25) is 4.79 Å². The number of nitrogens with zero attached hydrogens (tertiary/aromatic N) is 1. The van der Waals surface area contributed by atoms with Gasteiger partial charge in [0.2, 0.25) is 0 Å². The third kappa shape index (κ3) is 3.84. The summed E-state index contributed by atoms with van der Waals surface area (Å²) in [7, 11) is 3.03. The smallest absolute Gasteiger partial charge is 0.497 e. The Bertz CT molecular complexity index is 886. The van der Waals surface area contributed by atoms with Crippen molar-refractivity contribution in [1.82, 2.24) is 0 Å². The third-order valence-corrected chi connectivity index (χ3v) is 4.07. The summed E-state index contributed by atoms with van der Waals surface area (Å²) in [5, 5.41) is 0. The lowest BCUT2D eigenvalue weighted by Crippen LogP contribution is -2.25. The van der Waals surface area contributed by atoms with E-state index in [1.54, 1.807) is 18.2 Å². The van der Waals surface area contributed by atoms with Crippen LogP contribution in [0.15, 0.2) is 43.0 Å². The second kappa shape index (κ2) is 6.86. The molecule has 0 aliphatic carbocycles. The Balaban J connectivity index is 1.93. The van der Waals surface area contributed by atoms with Gasteiger partial charge in [-0.05, 0) is 35.9 Å². The van der Waals surface area contributed by atoms with E-state index < -0.39 is 18.0 Å². The first kappa shape index (κ1) is 18.6. The number of hydrogen-bond acceptors (Lipinski definition) is 4. The number of alkyl halides is 3. The number of anilines is 1. The Labute approximate surface area is 153 Å². The zero-order valence-corrected chi connectivity index (χ0v) is 14.6. The maximum atomic E-state index is 12.6. The van der Waals surface area contributed by atoms with Crippen LogP contribution in [-0.2, 0) is 11.3 Å². The molecule has 0 bridgehead atoms. The topological polar surface area (TPSA) is 48.0 Å². The molecule has 0 N–H and O–H groups in total. The minimum Gasteiger partial charge on any atom is -0.497 e.